The minimum Gasteiger partial charge on any atom is -0.454 e. The van der Waals surface area contributed by atoms with Crippen LogP contribution in [0.15, 0.2) is 18.2 Å². The zero-order valence-corrected chi connectivity index (χ0v) is 12.8. The fraction of sp³-hybridized carbons (Fsp3) is 0.562. The number of anilines is 1. The van der Waals surface area contributed by atoms with E-state index in [-0.39, 0.29) is 12.8 Å². The van der Waals surface area contributed by atoms with E-state index < -0.39 is 0 Å². The van der Waals surface area contributed by atoms with Gasteiger partial charge in [-0.2, -0.15) is 0 Å². The molecule has 0 aliphatic carbocycles. The largest absolute Gasteiger partial charge is 0.454 e. The van der Waals surface area contributed by atoms with E-state index in [2.05, 4.69) is 15.5 Å². The van der Waals surface area contributed by atoms with Crippen molar-refractivity contribution in [3.05, 3.63) is 18.2 Å². The molecule has 6 nitrogen and oxygen atoms in total. The monoisotopic (exact) mass is 305 g/mol. The molecule has 2 N–H and O–H groups in total. The molecule has 0 bridgehead atoms. The Hall–Kier alpha value is -1.95. The van der Waals surface area contributed by atoms with Gasteiger partial charge in [0.05, 0.1) is 0 Å². The summed E-state index contributed by atoms with van der Waals surface area (Å²) in [5.41, 5.74) is 0.706. The molecule has 0 atom stereocenters. The molecule has 3 rings (SSSR count). The number of benzene rings is 1. The standard InChI is InChI=1S/C16H23N3O3/c20-16(17-7-4-10-19-8-2-1-3-9-19)18-13-5-6-14-15(11-13)22-12-21-14/h5-6,11H,1-4,7-10,12H2,(H2,17,18,20). The highest BCUT2D eigenvalue weighted by Crippen LogP contribution is 2.34. The van der Waals surface area contributed by atoms with Gasteiger partial charge in [0.1, 0.15) is 0 Å². The van der Waals surface area contributed by atoms with Crippen LogP contribution < -0.4 is 20.1 Å². The molecule has 0 saturated carbocycles. The lowest BCUT2D eigenvalue weighted by Crippen LogP contribution is -2.34. The van der Waals surface area contributed by atoms with Crippen molar-refractivity contribution in [2.45, 2.75) is 25.7 Å². The summed E-state index contributed by atoms with van der Waals surface area (Å²) in [4.78, 5) is 14.3. The van der Waals surface area contributed by atoms with Crippen LogP contribution in [-0.2, 0) is 0 Å². The van der Waals surface area contributed by atoms with E-state index in [1.807, 2.05) is 0 Å². The highest BCUT2D eigenvalue weighted by Gasteiger charge is 2.14. The molecule has 22 heavy (non-hydrogen) atoms. The zero-order valence-electron chi connectivity index (χ0n) is 12.8. The Bertz CT molecular complexity index is 515. The van der Waals surface area contributed by atoms with Crippen molar-refractivity contribution < 1.29 is 14.3 Å². The lowest BCUT2D eigenvalue weighted by molar-refractivity contribution is 0.174. The lowest BCUT2D eigenvalue weighted by Gasteiger charge is -2.26. The van der Waals surface area contributed by atoms with E-state index in [0.717, 1.165) is 13.0 Å². The third-order valence-electron chi connectivity index (χ3n) is 4.02. The molecule has 1 saturated heterocycles. The first-order valence-electron chi connectivity index (χ1n) is 7.98. The minimum absolute atomic E-state index is 0.183. The van der Waals surface area contributed by atoms with Gasteiger partial charge in [-0.15, -0.1) is 0 Å². The Balaban J connectivity index is 1.35. The average Bonchev–Trinajstić information content (AvgIpc) is 3.00. The molecule has 1 fully saturated rings. The predicted molar refractivity (Wildman–Crippen MR) is 84.5 cm³/mol. The second-order valence-electron chi connectivity index (χ2n) is 5.70. The normalized spacial score (nSPS) is 17.3. The van der Waals surface area contributed by atoms with Crippen molar-refractivity contribution >= 4 is 11.7 Å². The summed E-state index contributed by atoms with van der Waals surface area (Å²) in [6, 6.07) is 5.20. The van der Waals surface area contributed by atoms with Gasteiger partial charge in [0.2, 0.25) is 6.79 Å². The van der Waals surface area contributed by atoms with E-state index in [9.17, 15) is 4.79 Å². The van der Waals surface area contributed by atoms with Gasteiger partial charge in [-0.1, -0.05) is 6.42 Å². The number of carbonyl (C=O) groups excluding carboxylic acids is 1. The maximum Gasteiger partial charge on any atom is 0.319 e. The first-order chi connectivity index (χ1) is 10.8. The fourth-order valence-electron chi connectivity index (χ4n) is 2.84. The van der Waals surface area contributed by atoms with Crippen LogP contribution in [0.2, 0.25) is 0 Å². The van der Waals surface area contributed by atoms with Crippen LogP contribution in [0, 0.1) is 0 Å². The first-order valence-corrected chi connectivity index (χ1v) is 7.98. The quantitative estimate of drug-likeness (QED) is 0.820. The Labute approximate surface area is 130 Å². The molecule has 2 aliphatic heterocycles. The predicted octanol–water partition coefficient (Wildman–Crippen LogP) is 2.41. The number of urea groups is 1. The summed E-state index contributed by atoms with van der Waals surface area (Å²) in [6.45, 7) is 4.38. The minimum atomic E-state index is -0.183. The molecule has 0 unspecified atom stereocenters. The van der Waals surface area contributed by atoms with Crippen LogP contribution in [0.5, 0.6) is 11.5 Å². The second-order valence-corrected chi connectivity index (χ2v) is 5.70. The third kappa shape index (κ3) is 4.04. The highest BCUT2D eigenvalue weighted by atomic mass is 16.7. The summed E-state index contributed by atoms with van der Waals surface area (Å²) in [6.07, 6.45) is 4.94. The fourth-order valence-corrected chi connectivity index (χ4v) is 2.84. The Kier molecular flexibility index (Phi) is 5.00. The Morgan fingerprint density at radius 2 is 1.95 bits per heavy atom. The van der Waals surface area contributed by atoms with Crippen molar-refractivity contribution in [3.8, 4) is 11.5 Å². The first kappa shape index (κ1) is 15.0. The molecule has 2 heterocycles. The molecule has 6 heteroatoms. The zero-order chi connectivity index (χ0) is 15.2. The van der Waals surface area contributed by atoms with Gasteiger partial charge < -0.3 is 25.0 Å². The molecule has 1 aromatic rings. The highest BCUT2D eigenvalue weighted by molar-refractivity contribution is 5.89. The van der Waals surface area contributed by atoms with E-state index in [0.29, 0.717) is 23.7 Å². The van der Waals surface area contributed by atoms with Gasteiger partial charge in [-0.25, -0.2) is 4.79 Å². The van der Waals surface area contributed by atoms with E-state index >= 15 is 0 Å². The number of hydrogen-bond donors (Lipinski definition) is 2. The van der Waals surface area contributed by atoms with Gasteiger partial charge in [0.15, 0.2) is 11.5 Å². The summed E-state index contributed by atoms with van der Waals surface area (Å²) >= 11 is 0. The third-order valence-corrected chi connectivity index (χ3v) is 4.02. The summed E-state index contributed by atoms with van der Waals surface area (Å²) in [5, 5.41) is 5.70. The number of carbonyl (C=O) groups is 1. The lowest BCUT2D eigenvalue weighted by atomic mass is 10.1. The molecule has 0 radical (unpaired) electrons. The van der Waals surface area contributed by atoms with Crippen LogP contribution >= 0.6 is 0 Å². The van der Waals surface area contributed by atoms with Crippen LogP contribution in [0.1, 0.15) is 25.7 Å². The molecule has 2 amide bonds. The van der Waals surface area contributed by atoms with Crippen molar-refractivity contribution in [2.75, 3.05) is 38.3 Å². The maximum atomic E-state index is 11.9. The Morgan fingerprint density at radius 3 is 2.82 bits per heavy atom. The van der Waals surface area contributed by atoms with E-state index in [1.54, 1.807) is 18.2 Å². The number of hydrogen-bond acceptors (Lipinski definition) is 4. The van der Waals surface area contributed by atoms with Crippen LogP contribution in [0.3, 0.4) is 0 Å². The molecule has 1 aromatic carbocycles. The number of nitrogens with one attached hydrogen (secondary N) is 2. The van der Waals surface area contributed by atoms with E-state index in [4.69, 9.17) is 9.47 Å². The molecule has 120 valence electrons. The second kappa shape index (κ2) is 7.35. The molecular weight excluding hydrogens is 282 g/mol. The number of ether oxygens (including phenoxy) is 2. The van der Waals surface area contributed by atoms with Crippen molar-refractivity contribution in [2.24, 2.45) is 0 Å². The van der Waals surface area contributed by atoms with Crippen molar-refractivity contribution in [1.82, 2.24) is 10.2 Å². The van der Waals surface area contributed by atoms with Crippen molar-refractivity contribution in [3.63, 3.8) is 0 Å². The maximum absolute atomic E-state index is 11.9. The van der Waals surface area contributed by atoms with Gasteiger partial charge in [0, 0.05) is 18.3 Å². The Morgan fingerprint density at radius 1 is 1.14 bits per heavy atom. The summed E-state index contributed by atoms with van der Waals surface area (Å²) in [5.74, 6) is 1.38. The van der Waals surface area contributed by atoms with Gasteiger partial charge in [-0.05, 0) is 51.0 Å². The number of likely N-dealkylation sites (tertiary alicyclic amines) is 1. The number of piperidine rings is 1. The molecular formula is C16H23N3O3. The topological polar surface area (TPSA) is 62.8 Å². The van der Waals surface area contributed by atoms with Gasteiger partial charge >= 0.3 is 6.03 Å². The molecule has 0 spiro atoms. The van der Waals surface area contributed by atoms with Gasteiger partial charge in [0.25, 0.3) is 0 Å². The number of nitrogens with zero attached hydrogens (tertiary/aromatic N) is 1. The average molecular weight is 305 g/mol. The summed E-state index contributed by atoms with van der Waals surface area (Å²) in [7, 11) is 0. The summed E-state index contributed by atoms with van der Waals surface area (Å²) < 4.78 is 10.5. The number of fused-ring (bicyclic) bond motifs is 1. The van der Waals surface area contributed by atoms with Crippen LogP contribution in [0.25, 0.3) is 0 Å². The van der Waals surface area contributed by atoms with Crippen LogP contribution in [-0.4, -0.2) is 43.9 Å². The number of amides is 2. The smallest absolute Gasteiger partial charge is 0.319 e. The van der Waals surface area contributed by atoms with E-state index in [1.165, 1.54) is 32.4 Å². The van der Waals surface area contributed by atoms with Crippen LogP contribution in [0.4, 0.5) is 10.5 Å². The van der Waals surface area contributed by atoms with Gasteiger partial charge in [-0.3, -0.25) is 0 Å². The number of rotatable bonds is 5. The van der Waals surface area contributed by atoms with Crippen molar-refractivity contribution in [1.29, 1.82) is 0 Å². The molecule has 0 aromatic heterocycles. The SMILES string of the molecule is O=C(NCCCN1CCCCC1)Nc1ccc2c(c1)OCO2. The molecule has 2 aliphatic rings.